The van der Waals surface area contributed by atoms with Gasteiger partial charge in [-0.1, -0.05) is 11.6 Å². The maximum atomic E-state index is 9.05. The van der Waals surface area contributed by atoms with Gasteiger partial charge in [0.15, 0.2) is 5.96 Å². The van der Waals surface area contributed by atoms with E-state index in [4.69, 9.17) is 16.7 Å². The van der Waals surface area contributed by atoms with Gasteiger partial charge in [0, 0.05) is 17.3 Å². The van der Waals surface area contributed by atoms with Gasteiger partial charge in [0.25, 0.3) is 0 Å². The molecule has 1 aromatic rings. The molecule has 0 saturated heterocycles. The third kappa shape index (κ3) is 2.40. The van der Waals surface area contributed by atoms with E-state index in [0.717, 1.165) is 24.7 Å². The first-order valence-electron chi connectivity index (χ1n) is 4.74. The molecule has 0 atom stereocenters. The van der Waals surface area contributed by atoms with Crippen molar-refractivity contribution in [3.8, 4) is 0 Å². The fraction of sp³-hybridized carbons (Fsp3) is 0.300. The second kappa shape index (κ2) is 4.51. The normalized spacial score (nSPS) is 14.7. The summed E-state index contributed by atoms with van der Waals surface area (Å²) >= 11 is 5.88. The van der Waals surface area contributed by atoms with Crippen LogP contribution in [0.4, 0.5) is 5.69 Å². The van der Waals surface area contributed by atoms with E-state index in [-0.39, 0.29) is 6.61 Å². The van der Waals surface area contributed by atoms with Crippen molar-refractivity contribution in [2.24, 2.45) is 4.99 Å². The summed E-state index contributed by atoms with van der Waals surface area (Å²) in [6, 6.07) is 5.42. The van der Waals surface area contributed by atoms with Crippen molar-refractivity contribution in [3.63, 3.8) is 0 Å². The molecule has 0 radical (unpaired) electrons. The second-order valence-corrected chi connectivity index (χ2v) is 3.65. The predicted molar refractivity (Wildman–Crippen MR) is 61.3 cm³/mol. The lowest BCUT2D eigenvalue weighted by Gasteiger charge is -2.08. The van der Waals surface area contributed by atoms with E-state index in [2.05, 4.69) is 15.6 Å². The van der Waals surface area contributed by atoms with Crippen LogP contribution in [-0.4, -0.2) is 24.2 Å². The number of rotatable bonds is 2. The van der Waals surface area contributed by atoms with Crippen LogP contribution in [0, 0.1) is 0 Å². The average molecular weight is 226 g/mol. The van der Waals surface area contributed by atoms with Gasteiger partial charge in [-0.05, 0) is 23.8 Å². The zero-order chi connectivity index (χ0) is 10.7. The maximum Gasteiger partial charge on any atom is 0.195 e. The zero-order valence-corrected chi connectivity index (χ0v) is 8.88. The molecule has 1 aromatic carbocycles. The van der Waals surface area contributed by atoms with Gasteiger partial charge in [0.05, 0.1) is 13.2 Å². The van der Waals surface area contributed by atoms with Crippen LogP contribution in [0.25, 0.3) is 0 Å². The van der Waals surface area contributed by atoms with Crippen LogP contribution in [0.3, 0.4) is 0 Å². The average Bonchev–Trinajstić information content (AvgIpc) is 2.73. The third-order valence-electron chi connectivity index (χ3n) is 2.15. The van der Waals surface area contributed by atoms with Gasteiger partial charge in [-0.3, -0.25) is 4.99 Å². The predicted octanol–water partition coefficient (Wildman–Crippen LogP) is 1.20. The first-order valence-corrected chi connectivity index (χ1v) is 5.12. The van der Waals surface area contributed by atoms with Gasteiger partial charge in [-0.2, -0.15) is 0 Å². The van der Waals surface area contributed by atoms with Crippen LogP contribution in [0.5, 0.6) is 0 Å². The highest BCUT2D eigenvalue weighted by Crippen LogP contribution is 2.20. The van der Waals surface area contributed by atoms with Crippen molar-refractivity contribution < 1.29 is 5.11 Å². The van der Waals surface area contributed by atoms with E-state index in [0.29, 0.717) is 10.6 Å². The maximum absolute atomic E-state index is 9.05. The molecular formula is C10H12ClN3O. The van der Waals surface area contributed by atoms with E-state index in [1.807, 2.05) is 12.1 Å². The van der Waals surface area contributed by atoms with Crippen molar-refractivity contribution in [3.05, 3.63) is 28.8 Å². The summed E-state index contributed by atoms with van der Waals surface area (Å²) in [6.45, 7) is 1.60. The Labute approximate surface area is 93.0 Å². The van der Waals surface area contributed by atoms with Gasteiger partial charge in [0.2, 0.25) is 0 Å². The monoisotopic (exact) mass is 225 g/mol. The molecule has 3 N–H and O–H groups in total. The molecule has 0 fully saturated rings. The number of nitrogens with zero attached hydrogens (tertiary/aromatic N) is 1. The smallest absolute Gasteiger partial charge is 0.195 e. The standard InChI is InChI=1S/C10H12ClN3O/c11-9-2-1-8(5-7(9)6-15)14-10-12-3-4-13-10/h1-2,5,15H,3-4,6H2,(H2,12,13,14). The SMILES string of the molecule is OCc1cc(NC2=NCCN2)ccc1Cl. The summed E-state index contributed by atoms with van der Waals surface area (Å²) in [5, 5.41) is 15.8. The molecule has 0 unspecified atom stereocenters. The van der Waals surface area contributed by atoms with Crippen LogP contribution in [0.1, 0.15) is 5.56 Å². The van der Waals surface area contributed by atoms with E-state index in [1.54, 1.807) is 6.07 Å². The Kier molecular flexibility index (Phi) is 3.08. The van der Waals surface area contributed by atoms with Gasteiger partial charge in [-0.15, -0.1) is 0 Å². The quantitative estimate of drug-likeness (QED) is 0.709. The summed E-state index contributed by atoms with van der Waals surface area (Å²) < 4.78 is 0. The number of guanidine groups is 1. The summed E-state index contributed by atoms with van der Waals surface area (Å²) in [4.78, 5) is 4.21. The van der Waals surface area contributed by atoms with Crippen molar-refractivity contribution in [1.29, 1.82) is 0 Å². The molecule has 0 bridgehead atoms. The van der Waals surface area contributed by atoms with Crippen LogP contribution in [0.2, 0.25) is 5.02 Å². The third-order valence-corrected chi connectivity index (χ3v) is 2.52. The van der Waals surface area contributed by atoms with Gasteiger partial charge < -0.3 is 15.7 Å². The van der Waals surface area contributed by atoms with Crippen LogP contribution in [0.15, 0.2) is 23.2 Å². The molecule has 1 aliphatic heterocycles. The van der Waals surface area contributed by atoms with E-state index < -0.39 is 0 Å². The number of halogens is 1. The Morgan fingerprint density at radius 3 is 3.07 bits per heavy atom. The molecule has 0 spiro atoms. The highest BCUT2D eigenvalue weighted by atomic mass is 35.5. The van der Waals surface area contributed by atoms with Crippen molar-refractivity contribution in [2.45, 2.75) is 6.61 Å². The molecule has 80 valence electrons. The highest BCUT2D eigenvalue weighted by molar-refractivity contribution is 6.31. The summed E-state index contributed by atoms with van der Waals surface area (Å²) in [6.07, 6.45) is 0. The summed E-state index contributed by atoms with van der Waals surface area (Å²) in [5.74, 6) is 0.765. The molecule has 1 aliphatic rings. The van der Waals surface area contributed by atoms with Crippen molar-refractivity contribution >= 4 is 23.2 Å². The largest absolute Gasteiger partial charge is 0.392 e. The molecular weight excluding hydrogens is 214 g/mol. The topological polar surface area (TPSA) is 56.6 Å². The number of anilines is 1. The second-order valence-electron chi connectivity index (χ2n) is 3.25. The summed E-state index contributed by atoms with van der Waals surface area (Å²) in [7, 11) is 0. The minimum absolute atomic E-state index is 0.0613. The molecule has 0 aliphatic carbocycles. The van der Waals surface area contributed by atoms with Gasteiger partial charge >= 0.3 is 0 Å². The Hall–Kier alpha value is -1.26. The number of hydrogen-bond acceptors (Lipinski definition) is 4. The fourth-order valence-corrected chi connectivity index (χ4v) is 1.57. The van der Waals surface area contributed by atoms with E-state index >= 15 is 0 Å². The molecule has 2 rings (SSSR count). The fourth-order valence-electron chi connectivity index (χ4n) is 1.39. The number of aliphatic imine (C=N–C) groups is 1. The Balaban J connectivity index is 2.14. The minimum atomic E-state index is -0.0613. The number of hydrogen-bond donors (Lipinski definition) is 3. The number of aliphatic hydroxyl groups is 1. The molecule has 0 aromatic heterocycles. The van der Waals surface area contributed by atoms with Crippen molar-refractivity contribution in [2.75, 3.05) is 18.4 Å². The Bertz CT molecular complexity index is 392. The molecule has 15 heavy (non-hydrogen) atoms. The zero-order valence-electron chi connectivity index (χ0n) is 8.13. The molecule has 0 amide bonds. The number of aliphatic hydroxyl groups excluding tert-OH is 1. The first-order chi connectivity index (χ1) is 7.29. The van der Waals surface area contributed by atoms with Crippen LogP contribution < -0.4 is 10.6 Å². The highest BCUT2D eigenvalue weighted by Gasteiger charge is 2.06. The Morgan fingerprint density at radius 2 is 2.40 bits per heavy atom. The first kappa shape index (κ1) is 10.3. The molecule has 4 nitrogen and oxygen atoms in total. The lowest BCUT2D eigenvalue weighted by Crippen LogP contribution is -2.26. The minimum Gasteiger partial charge on any atom is -0.392 e. The number of nitrogens with one attached hydrogen (secondary N) is 2. The number of benzene rings is 1. The van der Waals surface area contributed by atoms with Crippen LogP contribution in [-0.2, 0) is 6.61 Å². The van der Waals surface area contributed by atoms with Crippen molar-refractivity contribution in [1.82, 2.24) is 5.32 Å². The lowest BCUT2D eigenvalue weighted by molar-refractivity contribution is 0.282. The van der Waals surface area contributed by atoms with E-state index in [1.165, 1.54) is 0 Å². The van der Waals surface area contributed by atoms with Crippen LogP contribution >= 0.6 is 11.6 Å². The lowest BCUT2D eigenvalue weighted by atomic mass is 10.2. The molecule has 1 heterocycles. The molecule has 5 heteroatoms. The van der Waals surface area contributed by atoms with Gasteiger partial charge in [0.1, 0.15) is 0 Å². The summed E-state index contributed by atoms with van der Waals surface area (Å²) in [5.41, 5.74) is 1.58. The van der Waals surface area contributed by atoms with Gasteiger partial charge in [-0.25, -0.2) is 0 Å². The Morgan fingerprint density at radius 1 is 1.53 bits per heavy atom. The molecule has 0 saturated carbocycles. The van der Waals surface area contributed by atoms with E-state index in [9.17, 15) is 0 Å².